The van der Waals surface area contributed by atoms with Gasteiger partial charge in [-0.25, -0.2) is 4.99 Å². The second-order valence-corrected chi connectivity index (χ2v) is 6.26. The van der Waals surface area contributed by atoms with Crippen molar-refractivity contribution >= 4 is 34.2 Å². The number of fused-ring (bicyclic) bond motifs is 1. The van der Waals surface area contributed by atoms with Gasteiger partial charge in [0, 0.05) is 37.9 Å². The van der Waals surface area contributed by atoms with E-state index in [4.69, 9.17) is 0 Å². The van der Waals surface area contributed by atoms with Crippen molar-refractivity contribution in [2.75, 3.05) is 19.8 Å². The van der Waals surface area contributed by atoms with Crippen LogP contribution in [0.3, 0.4) is 0 Å². The van der Waals surface area contributed by atoms with Crippen LogP contribution in [0.25, 0.3) is 0 Å². The second-order valence-electron chi connectivity index (χ2n) is 5.49. The Morgan fingerprint density at radius 2 is 2.04 bits per heavy atom. The lowest BCUT2D eigenvalue weighted by molar-refractivity contribution is -0.384. The number of nitro groups is 1. The molecule has 2 unspecified atom stereocenters. The average molecular weight is 347 g/mol. The van der Waals surface area contributed by atoms with Gasteiger partial charge in [0.15, 0.2) is 11.2 Å². The smallest absolute Gasteiger partial charge is 0.269 e. The summed E-state index contributed by atoms with van der Waals surface area (Å²) in [4.78, 5) is 33.6. The van der Waals surface area contributed by atoms with Crippen molar-refractivity contribution in [3.63, 3.8) is 0 Å². The number of nitrogens with zero attached hydrogens (tertiary/aromatic N) is 4. The van der Waals surface area contributed by atoms with Crippen LogP contribution in [0.15, 0.2) is 34.3 Å². The summed E-state index contributed by atoms with van der Waals surface area (Å²) in [6.45, 7) is 0.638. The molecule has 2 aliphatic heterocycles. The van der Waals surface area contributed by atoms with Crippen LogP contribution >= 0.6 is 11.8 Å². The molecule has 8 nitrogen and oxygen atoms in total. The van der Waals surface area contributed by atoms with Crippen LogP contribution < -0.4 is 5.32 Å². The number of likely N-dealkylation sites (N-methyl/N-ethyl adjacent to an activating group) is 1. The van der Waals surface area contributed by atoms with Gasteiger partial charge in [-0.2, -0.15) is 0 Å². The van der Waals surface area contributed by atoms with Crippen LogP contribution in [0.2, 0.25) is 0 Å². The lowest BCUT2D eigenvalue weighted by Crippen LogP contribution is -2.53. The summed E-state index contributed by atoms with van der Waals surface area (Å²) in [6, 6.07) is 5.63. The van der Waals surface area contributed by atoms with Crippen LogP contribution in [-0.2, 0) is 4.79 Å². The van der Waals surface area contributed by atoms with E-state index >= 15 is 0 Å². The average Bonchev–Trinajstić information content (AvgIpc) is 2.80. The molecule has 0 radical (unpaired) electrons. The zero-order valence-corrected chi connectivity index (χ0v) is 14.1. The first-order chi connectivity index (χ1) is 11.5. The van der Waals surface area contributed by atoms with Crippen molar-refractivity contribution in [1.82, 2.24) is 10.2 Å². The number of nitrogens with one attached hydrogen (secondary N) is 1. The number of aliphatic imine (C=N–C) groups is 2. The summed E-state index contributed by atoms with van der Waals surface area (Å²) in [5.41, 5.74) is 1.58. The number of non-ortho nitro benzene ring substituents is 1. The van der Waals surface area contributed by atoms with Crippen LogP contribution in [-0.4, -0.2) is 58.7 Å². The van der Waals surface area contributed by atoms with Crippen molar-refractivity contribution in [3.8, 4) is 0 Å². The SMILES string of the molecule is CSC1=NC2NCCC(c3ccc([N+](=O)[O-])cc3)=NC2C(=O)N1C. The van der Waals surface area contributed by atoms with Crippen LogP contribution in [0, 0.1) is 10.1 Å². The van der Waals surface area contributed by atoms with Gasteiger partial charge < -0.3 is 0 Å². The number of amides is 1. The van der Waals surface area contributed by atoms with Gasteiger partial charge in [-0.3, -0.25) is 30.1 Å². The molecule has 1 aromatic rings. The minimum absolute atomic E-state index is 0.0339. The molecule has 0 aliphatic carbocycles. The summed E-state index contributed by atoms with van der Waals surface area (Å²) < 4.78 is 0. The maximum Gasteiger partial charge on any atom is 0.269 e. The van der Waals surface area contributed by atoms with Gasteiger partial charge in [-0.15, -0.1) is 0 Å². The van der Waals surface area contributed by atoms with E-state index in [0.29, 0.717) is 18.1 Å². The van der Waals surface area contributed by atoms with Crippen molar-refractivity contribution in [2.45, 2.75) is 18.6 Å². The lowest BCUT2D eigenvalue weighted by atomic mass is 10.1. The summed E-state index contributed by atoms with van der Waals surface area (Å²) >= 11 is 1.42. The fourth-order valence-corrected chi connectivity index (χ4v) is 3.32. The first kappa shape index (κ1) is 16.6. The third-order valence-corrected chi connectivity index (χ3v) is 4.77. The van der Waals surface area contributed by atoms with Crippen molar-refractivity contribution in [1.29, 1.82) is 0 Å². The van der Waals surface area contributed by atoms with Crippen molar-refractivity contribution in [3.05, 3.63) is 39.9 Å². The number of carbonyl (C=O) groups excluding carboxylic acids is 1. The molecule has 1 amide bonds. The molecule has 1 aromatic carbocycles. The van der Waals surface area contributed by atoms with Gasteiger partial charge in [0.05, 0.1) is 4.92 Å². The fourth-order valence-electron chi connectivity index (χ4n) is 2.74. The molecular weight excluding hydrogens is 330 g/mol. The van der Waals surface area contributed by atoms with Crippen molar-refractivity contribution < 1.29 is 9.72 Å². The molecule has 0 saturated heterocycles. The molecule has 24 heavy (non-hydrogen) atoms. The second kappa shape index (κ2) is 6.70. The Morgan fingerprint density at radius 3 is 2.67 bits per heavy atom. The summed E-state index contributed by atoms with van der Waals surface area (Å²) in [5.74, 6) is -0.104. The molecule has 0 bridgehead atoms. The topological polar surface area (TPSA) is 100 Å². The Morgan fingerprint density at radius 1 is 1.33 bits per heavy atom. The molecule has 0 aromatic heterocycles. The molecule has 2 atom stereocenters. The highest BCUT2D eigenvalue weighted by Crippen LogP contribution is 2.22. The van der Waals surface area contributed by atoms with E-state index in [9.17, 15) is 14.9 Å². The molecule has 1 N–H and O–H groups in total. The predicted octanol–water partition coefficient (Wildman–Crippen LogP) is 1.26. The fraction of sp³-hybridized carbons (Fsp3) is 0.400. The molecule has 2 heterocycles. The summed E-state index contributed by atoms with van der Waals surface area (Å²) in [7, 11) is 1.69. The molecular formula is C15H17N5O3S. The maximum absolute atomic E-state index is 12.6. The minimum Gasteiger partial charge on any atom is -0.293 e. The number of carbonyl (C=O) groups is 1. The Balaban J connectivity index is 1.93. The third kappa shape index (κ3) is 3.04. The van der Waals surface area contributed by atoms with Crippen LogP contribution in [0.4, 0.5) is 5.69 Å². The summed E-state index contributed by atoms with van der Waals surface area (Å²) in [5, 5.41) is 14.7. The van der Waals surface area contributed by atoms with Crippen LogP contribution in [0.1, 0.15) is 12.0 Å². The molecule has 126 valence electrons. The minimum atomic E-state index is -0.612. The number of thioether (sulfide) groups is 1. The normalized spacial score (nSPS) is 23.9. The van der Waals surface area contributed by atoms with Gasteiger partial charge in [-0.05, 0) is 24.0 Å². The number of hydrogen-bond donors (Lipinski definition) is 1. The highest BCUT2D eigenvalue weighted by atomic mass is 32.2. The van der Waals surface area contributed by atoms with Crippen LogP contribution in [0.5, 0.6) is 0 Å². The number of benzene rings is 1. The zero-order chi connectivity index (χ0) is 17.3. The van der Waals surface area contributed by atoms with E-state index in [2.05, 4.69) is 15.3 Å². The number of rotatable bonds is 2. The van der Waals surface area contributed by atoms with E-state index in [1.54, 1.807) is 19.2 Å². The molecule has 0 saturated carbocycles. The zero-order valence-electron chi connectivity index (χ0n) is 13.3. The van der Waals surface area contributed by atoms with E-state index in [0.717, 1.165) is 11.3 Å². The van der Waals surface area contributed by atoms with Crippen molar-refractivity contribution in [2.24, 2.45) is 9.98 Å². The quantitative estimate of drug-likeness (QED) is 0.641. The third-order valence-electron chi connectivity index (χ3n) is 4.02. The van der Waals surface area contributed by atoms with E-state index in [1.165, 1.54) is 28.8 Å². The monoisotopic (exact) mass is 347 g/mol. The molecule has 3 rings (SSSR count). The van der Waals surface area contributed by atoms with Gasteiger partial charge >= 0.3 is 0 Å². The predicted molar refractivity (Wildman–Crippen MR) is 93.5 cm³/mol. The van der Waals surface area contributed by atoms with E-state index in [1.807, 2.05) is 6.26 Å². The lowest BCUT2D eigenvalue weighted by Gasteiger charge is -2.31. The van der Waals surface area contributed by atoms with Gasteiger partial charge in [-0.1, -0.05) is 11.8 Å². The highest BCUT2D eigenvalue weighted by Gasteiger charge is 2.37. The molecule has 0 spiro atoms. The Hall–Kier alpha value is -2.26. The first-order valence-electron chi connectivity index (χ1n) is 7.45. The molecule has 9 heteroatoms. The maximum atomic E-state index is 12.6. The van der Waals surface area contributed by atoms with Gasteiger partial charge in [0.25, 0.3) is 11.6 Å². The Kier molecular flexibility index (Phi) is 4.63. The van der Waals surface area contributed by atoms with E-state index in [-0.39, 0.29) is 17.8 Å². The number of amidine groups is 1. The van der Waals surface area contributed by atoms with Gasteiger partial charge in [0.2, 0.25) is 0 Å². The largest absolute Gasteiger partial charge is 0.293 e. The Bertz CT molecular complexity index is 731. The Labute approximate surface area is 143 Å². The molecule has 2 aliphatic rings. The van der Waals surface area contributed by atoms with E-state index < -0.39 is 11.0 Å². The number of nitro benzene ring substituents is 1. The standard InChI is InChI=1S/C15H17N5O3S/c1-19-14(21)12-13(18-15(19)24-2)16-8-7-11(17-12)9-3-5-10(6-4-9)20(22)23/h3-6,12-13,16H,7-8H2,1-2H3. The number of hydrogen-bond acceptors (Lipinski definition) is 7. The summed E-state index contributed by atoms with van der Waals surface area (Å²) in [6.07, 6.45) is 2.14. The highest BCUT2D eigenvalue weighted by molar-refractivity contribution is 8.13. The molecule has 0 fully saturated rings. The first-order valence-corrected chi connectivity index (χ1v) is 8.68. The van der Waals surface area contributed by atoms with Gasteiger partial charge in [0.1, 0.15) is 6.17 Å².